The maximum Gasteiger partial charge on any atom is 0.119 e. The van der Waals surface area contributed by atoms with Crippen molar-refractivity contribution in [3.8, 4) is 5.75 Å². The van der Waals surface area contributed by atoms with Gasteiger partial charge in [0.05, 0.1) is 6.10 Å². The van der Waals surface area contributed by atoms with Crippen LogP contribution in [-0.2, 0) is 6.42 Å². The summed E-state index contributed by atoms with van der Waals surface area (Å²) in [6, 6.07) is 7.89. The summed E-state index contributed by atoms with van der Waals surface area (Å²) in [4.78, 5) is 0. The minimum absolute atomic E-state index is 0.215. The summed E-state index contributed by atoms with van der Waals surface area (Å²) < 4.78 is 5.56. The maximum atomic E-state index is 9.82. The molecule has 4 heteroatoms. The van der Waals surface area contributed by atoms with Crippen molar-refractivity contribution in [1.82, 2.24) is 5.32 Å². The van der Waals surface area contributed by atoms with Crippen LogP contribution in [0, 0.1) is 5.92 Å². The van der Waals surface area contributed by atoms with Gasteiger partial charge in [0.15, 0.2) is 0 Å². The molecule has 0 saturated carbocycles. The van der Waals surface area contributed by atoms with E-state index in [-0.39, 0.29) is 18.6 Å². The molecule has 1 aromatic rings. The van der Waals surface area contributed by atoms with Gasteiger partial charge in [-0.3, -0.25) is 0 Å². The second-order valence-electron chi connectivity index (χ2n) is 5.44. The Kier molecular flexibility index (Phi) is 7.59. The van der Waals surface area contributed by atoms with E-state index < -0.39 is 6.10 Å². The lowest BCUT2D eigenvalue weighted by atomic mass is 10.1. The first-order valence-corrected chi connectivity index (χ1v) is 7.31. The Morgan fingerprint density at radius 2 is 1.95 bits per heavy atom. The third-order valence-electron chi connectivity index (χ3n) is 3.25. The fourth-order valence-electron chi connectivity index (χ4n) is 1.74. The second kappa shape index (κ2) is 8.95. The zero-order chi connectivity index (χ0) is 15.0. The molecule has 1 rings (SSSR count). The van der Waals surface area contributed by atoms with Gasteiger partial charge < -0.3 is 20.3 Å². The lowest BCUT2D eigenvalue weighted by molar-refractivity contribution is 0.0908. The Morgan fingerprint density at radius 3 is 2.60 bits per heavy atom. The third-order valence-corrected chi connectivity index (χ3v) is 3.25. The highest BCUT2D eigenvalue weighted by Gasteiger charge is 2.10. The number of aryl methyl sites for hydroxylation is 1. The zero-order valence-electron chi connectivity index (χ0n) is 12.7. The van der Waals surface area contributed by atoms with E-state index >= 15 is 0 Å². The normalized spacial score (nSPS) is 14.3. The SMILES string of the molecule is CCc1cccc(OCC(O)CNCC(O)C(C)C)c1. The van der Waals surface area contributed by atoms with Crippen molar-refractivity contribution < 1.29 is 14.9 Å². The van der Waals surface area contributed by atoms with Crippen LogP contribution in [0.2, 0.25) is 0 Å². The van der Waals surface area contributed by atoms with Gasteiger partial charge in [0.1, 0.15) is 18.5 Å². The van der Waals surface area contributed by atoms with Crippen LogP contribution < -0.4 is 10.1 Å². The number of aliphatic hydroxyl groups is 2. The monoisotopic (exact) mass is 281 g/mol. The van der Waals surface area contributed by atoms with E-state index in [4.69, 9.17) is 4.74 Å². The minimum Gasteiger partial charge on any atom is -0.491 e. The molecular weight excluding hydrogens is 254 g/mol. The van der Waals surface area contributed by atoms with Crippen molar-refractivity contribution in [3.05, 3.63) is 29.8 Å². The fraction of sp³-hybridized carbons (Fsp3) is 0.625. The van der Waals surface area contributed by atoms with Gasteiger partial charge >= 0.3 is 0 Å². The number of rotatable bonds is 9. The molecule has 0 aliphatic rings. The van der Waals surface area contributed by atoms with Crippen LogP contribution in [0.15, 0.2) is 24.3 Å². The van der Waals surface area contributed by atoms with Crippen molar-refractivity contribution in [2.24, 2.45) is 5.92 Å². The van der Waals surface area contributed by atoms with E-state index in [2.05, 4.69) is 18.3 Å². The summed E-state index contributed by atoms with van der Waals surface area (Å²) in [5.41, 5.74) is 1.22. The number of aliphatic hydroxyl groups excluding tert-OH is 2. The molecular formula is C16H27NO3. The summed E-state index contributed by atoms with van der Waals surface area (Å²) in [6.07, 6.45) is -0.00185. The number of nitrogens with one attached hydrogen (secondary N) is 1. The fourth-order valence-corrected chi connectivity index (χ4v) is 1.74. The highest BCUT2D eigenvalue weighted by atomic mass is 16.5. The van der Waals surface area contributed by atoms with Gasteiger partial charge in [0.25, 0.3) is 0 Å². The largest absolute Gasteiger partial charge is 0.491 e. The van der Waals surface area contributed by atoms with E-state index in [0.29, 0.717) is 13.1 Å². The maximum absolute atomic E-state index is 9.82. The molecule has 114 valence electrons. The quantitative estimate of drug-likeness (QED) is 0.643. The van der Waals surface area contributed by atoms with Crippen molar-refractivity contribution in [3.63, 3.8) is 0 Å². The molecule has 0 fully saturated rings. The molecule has 2 atom stereocenters. The Morgan fingerprint density at radius 1 is 1.20 bits per heavy atom. The molecule has 4 nitrogen and oxygen atoms in total. The van der Waals surface area contributed by atoms with Crippen molar-refractivity contribution >= 4 is 0 Å². The number of ether oxygens (including phenoxy) is 1. The van der Waals surface area contributed by atoms with Gasteiger partial charge in [0, 0.05) is 13.1 Å². The molecule has 0 amide bonds. The van der Waals surface area contributed by atoms with Gasteiger partial charge in [0.2, 0.25) is 0 Å². The van der Waals surface area contributed by atoms with E-state index in [0.717, 1.165) is 12.2 Å². The molecule has 3 N–H and O–H groups in total. The summed E-state index contributed by atoms with van der Waals surface area (Å²) in [5, 5.41) is 22.5. The second-order valence-corrected chi connectivity index (χ2v) is 5.44. The van der Waals surface area contributed by atoms with Crippen molar-refractivity contribution in [2.45, 2.75) is 39.4 Å². The van der Waals surface area contributed by atoms with Crippen LogP contribution in [0.1, 0.15) is 26.3 Å². The number of hydrogen-bond donors (Lipinski definition) is 3. The van der Waals surface area contributed by atoms with Crippen LogP contribution >= 0.6 is 0 Å². The van der Waals surface area contributed by atoms with E-state index in [1.165, 1.54) is 5.56 Å². The van der Waals surface area contributed by atoms with Gasteiger partial charge in [-0.05, 0) is 30.0 Å². The van der Waals surface area contributed by atoms with Gasteiger partial charge in [-0.15, -0.1) is 0 Å². The lowest BCUT2D eigenvalue weighted by Gasteiger charge is -2.17. The van der Waals surface area contributed by atoms with E-state index in [9.17, 15) is 10.2 Å². The molecule has 0 spiro atoms. The summed E-state index contributed by atoms with van der Waals surface area (Å²) >= 11 is 0. The predicted molar refractivity (Wildman–Crippen MR) is 81.0 cm³/mol. The topological polar surface area (TPSA) is 61.7 Å². The minimum atomic E-state index is -0.584. The van der Waals surface area contributed by atoms with Crippen LogP contribution in [-0.4, -0.2) is 42.1 Å². The van der Waals surface area contributed by atoms with E-state index in [1.807, 2.05) is 32.0 Å². The zero-order valence-corrected chi connectivity index (χ0v) is 12.7. The summed E-state index contributed by atoms with van der Waals surface area (Å²) in [7, 11) is 0. The standard InChI is InChI=1S/C16H27NO3/c1-4-13-6-5-7-15(8-13)20-11-14(18)9-17-10-16(19)12(2)3/h5-8,12,14,16-19H,4,9-11H2,1-3H3. The number of benzene rings is 1. The average molecular weight is 281 g/mol. The first-order valence-electron chi connectivity index (χ1n) is 7.31. The summed E-state index contributed by atoms with van der Waals surface area (Å²) in [6.45, 7) is 7.17. The highest BCUT2D eigenvalue weighted by Crippen LogP contribution is 2.13. The van der Waals surface area contributed by atoms with E-state index in [1.54, 1.807) is 0 Å². The molecule has 0 aliphatic carbocycles. The number of hydrogen-bond acceptors (Lipinski definition) is 4. The Hall–Kier alpha value is -1.10. The molecule has 0 saturated heterocycles. The Labute approximate surface area is 121 Å². The smallest absolute Gasteiger partial charge is 0.119 e. The van der Waals surface area contributed by atoms with Gasteiger partial charge in [-0.2, -0.15) is 0 Å². The first kappa shape index (κ1) is 17.0. The van der Waals surface area contributed by atoms with Gasteiger partial charge in [-0.1, -0.05) is 32.9 Å². The predicted octanol–water partition coefficient (Wildman–Crippen LogP) is 1.60. The van der Waals surface area contributed by atoms with Crippen LogP contribution in [0.25, 0.3) is 0 Å². The van der Waals surface area contributed by atoms with Crippen LogP contribution in [0.4, 0.5) is 0 Å². The molecule has 0 heterocycles. The summed E-state index contributed by atoms with van der Waals surface area (Å²) in [5.74, 6) is 0.998. The van der Waals surface area contributed by atoms with Crippen LogP contribution in [0.3, 0.4) is 0 Å². The Balaban J connectivity index is 2.24. The average Bonchev–Trinajstić information content (AvgIpc) is 2.45. The Bertz CT molecular complexity index is 382. The molecule has 0 aromatic heterocycles. The van der Waals surface area contributed by atoms with Crippen LogP contribution in [0.5, 0.6) is 5.75 Å². The molecule has 20 heavy (non-hydrogen) atoms. The molecule has 1 aromatic carbocycles. The van der Waals surface area contributed by atoms with Crippen molar-refractivity contribution in [2.75, 3.05) is 19.7 Å². The third kappa shape index (κ3) is 6.37. The molecule has 2 unspecified atom stereocenters. The van der Waals surface area contributed by atoms with Gasteiger partial charge in [-0.25, -0.2) is 0 Å². The first-order chi connectivity index (χ1) is 9.52. The molecule has 0 bridgehead atoms. The van der Waals surface area contributed by atoms with Crippen molar-refractivity contribution in [1.29, 1.82) is 0 Å². The lowest BCUT2D eigenvalue weighted by Crippen LogP contribution is -2.37. The molecule has 0 radical (unpaired) electrons. The molecule has 0 aliphatic heterocycles. The highest BCUT2D eigenvalue weighted by molar-refractivity contribution is 5.28.